The first-order chi connectivity index (χ1) is 13.8. The van der Waals surface area contributed by atoms with E-state index >= 15 is 0 Å². The second kappa shape index (κ2) is 12.0. The van der Waals surface area contributed by atoms with Gasteiger partial charge in [0, 0.05) is 0 Å². The molecule has 3 fully saturated rings. The van der Waals surface area contributed by atoms with Crippen molar-refractivity contribution in [3.05, 3.63) is 37.5 Å². The SMILES string of the molecule is C=CCCC1CCC(C=CC2CCC(C3CCC(CCC=C)CC3)CC2)CC1. The Morgan fingerprint density at radius 1 is 0.500 bits per heavy atom. The van der Waals surface area contributed by atoms with E-state index in [4.69, 9.17) is 0 Å². The van der Waals surface area contributed by atoms with Gasteiger partial charge in [-0.15, -0.1) is 13.2 Å². The highest BCUT2D eigenvalue weighted by atomic mass is 14.4. The first kappa shape index (κ1) is 21.9. The van der Waals surface area contributed by atoms with Gasteiger partial charge in [-0.05, 0) is 125 Å². The van der Waals surface area contributed by atoms with Crippen LogP contribution in [0.2, 0.25) is 0 Å². The lowest BCUT2D eigenvalue weighted by molar-refractivity contribution is 0.153. The molecule has 0 atom stereocenters. The second-order valence-electron chi connectivity index (χ2n) is 10.4. The lowest BCUT2D eigenvalue weighted by Crippen LogP contribution is -2.25. The van der Waals surface area contributed by atoms with Crippen LogP contribution in [0.1, 0.15) is 103 Å². The highest BCUT2D eigenvalue weighted by Crippen LogP contribution is 2.42. The van der Waals surface area contributed by atoms with Gasteiger partial charge in [0.15, 0.2) is 0 Å². The summed E-state index contributed by atoms with van der Waals surface area (Å²) in [5, 5.41) is 0. The van der Waals surface area contributed by atoms with E-state index in [9.17, 15) is 0 Å². The summed E-state index contributed by atoms with van der Waals surface area (Å²) >= 11 is 0. The summed E-state index contributed by atoms with van der Waals surface area (Å²) < 4.78 is 0. The van der Waals surface area contributed by atoms with Crippen LogP contribution >= 0.6 is 0 Å². The highest BCUT2D eigenvalue weighted by Gasteiger charge is 2.30. The molecule has 0 aromatic carbocycles. The molecule has 0 spiro atoms. The minimum Gasteiger partial charge on any atom is -0.103 e. The Hall–Kier alpha value is -0.780. The molecule has 0 aliphatic heterocycles. The van der Waals surface area contributed by atoms with Crippen LogP contribution in [-0.4, -0.2) is 0 Å². The van der Waals surface area contributed by atoms with Gasteiger partial charge in [0.05, 0.1) is 0 Å². The summed E-state index contributed by atoms with van der Waals surface area (Å²) in [5.41, 5.74) is 0. The Labute approximate surface area is 176 Å². The summed E-state index contributed by atoms with van der Waals surface area (Å²) in [6.45, 7) is 7.77. The third-order valence-electron chi connectivity index (χ3n) is 8.48. The summed E-state index contributed by atoms with van der Waals surface area (Å²) in [6, 6.07) is 0. The molecule has 158 valence electrons. The fraction of sp³-hybridized carbons (Fsp3) is 0.786. The fourth-order valence-electron chi connectivity index (χ4n) is 6.45. The zero-order chi connectivity index (χ0) is 19.6. The van der Waals surface area contributed by atoms with Gasteiger partial charge >= 0.3 is 0 Å². The van der Waals surface area contributed by atoms with Gasteiger partial charge < -0.3 is 0 Å². The molecule has 0 unspecified atom stereocenters. The van der Waals surface area contributed by atoms with E-state index in [0.717, 1.165) is 35.5 Å². The molecule has 3 rings (SSSR count). The first-order valence-electron chi connectivity index (χ1n) is 12.7. The number of hydrogen-bond donors (Lipinski definition) is 0. The summed E-state index contributed by atoms with van der Waals surface area (Å²) in [7, 11) is 0. The van der Waals surface area contributed by atoms with Gasteiger partial charge in [-0.2, -0.15) is 0 Å². The third-order valence-corrected chi connectivity index (χ3v) is 8.48. The van der Waals surface area contributed by atoms with Crippen LogP contribution < -0.4 is 0 Å². The van der Waals surface area contributed by atoms with E-state index in [0.29, 0.717) is 0 Å². The Morgan fingerprint density at radius 3 is 1.29 bits per heavy atom. The van der Waals surface area contributed by atoms with Crippen molar-refractivity contribution in [2.45, 2.75) is 103 Å². The molecule has 3 aliphatic rings. The van der Waals surface area contributed by atoms with E-state index in [1.54, 1.807) is 0 Å². The van der Waals surface area contributed by atoms with Crippen molar-refractivity contribution < 1.29 is 0 Å². The molecule has 28 heavy (non-hydrogen) atoms. The van der Waals surface area contributed by atoms with Crippen molar-refractivity contribution in [2.75, 3.05) is 0 Å². The van der Waals surface area contributed by atoms with E-state index in [1.165, 1.54) is 103 Å². The predicted molar refractivity (Wildman–Crippen MR) is 124 cm³/mol. The van der Waals surface area contributed by atoms with E-state index in [-0.39, 0.29) is 0 Å². The van der Waals surface area contributed by atoms with Crippen LogP contribution in [0.25, 0.3) is 0 Å². The van der Waals surface area contributed by atoms with E-state index < -0.39 is 0 Å². The molecule has 0 heterocycles. The van der Waals surface area contributed by atoms with Crippen molar-refractivity contribution >= 4 is 0 Å². The Morgan fingerprint density at radius 2 is 0.857 bits per heavy atom. The predicted octanol–water partition coefficient (Wildman–Crippen LogP) is 8.89. The lowest BCUT2D eigenvalue weighted by Gasteiger charge is -2.37. The lowest BCUT2D eigenvalue weighted by atomic mass is 9.68. The average molecular weight is 383 g/mol. The first-order valence-corrected chi connectivity index (χ1v) is 12.7. The van der Waals surface area contributed by atoms with E-state index in [2.05, 4.69) is 37.5 Å². The zero-order valence-corrected chi connectivity index (χ0v) is 18.5. The van der Waals surface area contributed by atoms with Crippen LogP contribution in [-0.2, 0) is 0 Å². The minimum atomic E-state index is 0.878. The van der Waals surface area contributed by atoms with E-state index in [1.807, 2.05) is 0 Å². The Kier molecular flexibility index (Phi) is 9.42. The molecule has 0 amide bonds. The van der Waals surface area contributed by atoms with Crippen molar-refractivity contribution in [2.24, 2.45) is 35.5 Å². The Bertz CT molecular complexity index is 462. The Balaban J connectivity index is 1.31. The molecule has 0 aromatic heterocycles. The van der Waals surface area contributed by atoms with Gasteiger partial charge in [0.25, 0.3) is 0 Å². The molecule has 0 radical (unpaired) electrons. The maximum Gasteiger partial charge on any atom is -0.0233 e. The fourth-order valence-corrected chi connectivity index (χ4v) is 6.45. The molecule has 0 N–H and O–H groups in total. The maximum absolute atomic E-state index is 3.89. The topological polar surface area (TPSA) is 0 Å². The molecular formula is C28H46. The van der Waals surface area contributed by atoms with Crippen LogP contribution in [0.5, 0.6) is 0 Å². The molecule has 0 nitrogen and oxygen atoms in total. The maximum atomic E-state index is 3.89. The number of rotatable bonds is 9. The van der Waals surface area contributed by atoms with Gasteiger partial charge in [0.2, 0.25) is 0 Å². The summed E-state index contributed by atoms with van der Waals surface area (Å²) in [4.78, 5) is 0. The van der Waals surface area contributed by atoms with Crippen LogP contribution in [0.15, 0.2) is 37.5 Å². The zero-order valence-electron chi connectivity index (χ0n) is 18.5. The monoisotopic (exact) mass is 382 g/mol. The molecule has 0 saturated heterocycles. The van der Waals surface area contributed by atoms with Gasteiger partial charge in [-0.25, -0.2) is 0 Å². The largest absolute Gasteiger partial charge is 0.103 e. The standard InChI is InChI=1S/C28H46/c1-3-5-7-23-9-11-25(12-10-23)13-14-26-17-21-28(22-18-26)27-19-15-24(16-20-27)8-6-4-2/h3-4,13-14,23-28H,1-2,5-12,15-22H2. The molecular weight excluding hydrogens is 336 g/mol. The quantitative estimate of drug-likeness (QED) is 0.349. The van der Waals surface area contributed by atoms with Crippen molar-refractivity contribution in [3.63, 3.8) is 0 Å². The van der Waals surface area contributed by atoms with Gasteiger partial charge in [-0.1, -0.05) is 37.1 Å². The van der Waals surface area contributed by atoms with Gasteiger partial charge in [0.1, 0.15) is 0 Å². The van der Waals surface area contributed by atoms with Crippen LogP contribution in [0, 0.1) is 35.5 Å². The van der Waals surface area contributed by atoms with Crippen molar-refractivity contribution in [1.29, 1.82) is 0 Å². The normalized spacial score (nSPS) is 37.0. The smallest absolute Gasteiger partial charge is 0.0233 e. The highest BCUT2D eigenvalue weighted by molar-refractivity contribution is 4.97. The average Bonchev–Trinajstić information content (AvgIpc) is 2.76. The van der Waals surface area contributed by atoms with Crippen LogP contribution in [0.4, 0.5) is 0 Å². The molecule has 0 bridgehead atoms. The van der Waals surface area contributed by atoms with Crippen molar-refractivity contribution in [3.8, 4) is 0 Å². The second-order valence-corrected chi connectivity index (χ2v) is 10.4. The number of hydrogen-bond acceptors (Lipinski definition) is 0. The van der Waals surface area contributed by atoms with Gasteiger partial charge in [-0.3, -0.25) is 0 Å². The molecule has 3 aliphatic carbocycles. The minimum absolute atomic E-state index is 0.878. The molecule has 0 aromatic rings. The number of allylic oxidation sites excluding steroid dienone is 4. The van der Waals surface area contributed by atoms with Crippen molar-refractivity contribution in [1.82, 2.24) is 0 Å². The van der Waals surface area contributed by atoms with Crippen LogP contribution in [0.3, 0.4) is 0 Å². The molecule has 3 saturated carbocycles. The third kappa shape index (κ3) is 6.93. The summed E-state index contributed by atoms with van der Waals surface area (Å²) in [6.07, 6.45) is 32.4. The summed E-state index contributed by atoms with van der Waals surface area (Å²) in [5.74, 6) is 5.84. The molecule has 0 heteroatoms.